The quantitative estimate of drug-likeness (QED) is 0.646. The van der Waals surface area contributed by atoms with Crippen molar-refractivity contribution >= 4 is 17.7 Å². The van der Waals surface area contributed by atoms with E-state index in [-0.39, 0.29) is 5.41 Å². The molecule has 0 heterocycles. The van der Waals surface area contributed by atoms with Gasteiger partial charge in [-0.1, -0.05) is 64.9 Å². The number of hydrogen-bond acceptors (Lipinski definition) is 0. The van der Waals surface area contributed by atoms with Gasteiger partial charge in [0.15, 0.2) is 0 Å². The SMILES string of the molecule is C=Cc1cc(Cl)cc(C(C)(C)CC(C)(C)C)c1. The van der Waals surface area contributed by atoms with Crippen LogP contribution in [0.25, 0.3) is 6.08 Å². The summed E-state index contributed by atoms with van der Waals surface area (Å²) < 4.78 is 0. The predicted octanol–water partition coefficient (Wildman–Crippen LogP) is 5.70. The molecule has 0 atom stereocenters. The molecule has 0 spiro atoms. The van der Waals surface area contributed by atoms with Crippen LogP contribution in [0.15, 0.2) is 24.8 Å². The topological polar surface area (TPSA) is 0 Å². The first-order valence-corrected chi connectivity index (χ1v) is 6.45. The Bertz CT molecular complexity index is 408. The number of halogens is 1. The third kappa shape index (κ3) is 4.20. The van der Waals surface area contributed by atoms with E-state index in [9.17, 15) is 0 Å². The second-order valence-electron chi connectivity index (χ2n) is 6.60. The van der Waals surface area contributed by atoms with Crippen molar-refractivity contribution in [1.29, 1.82) is 0 Å². The highest BCUT2D eigenvalue weighted by atomic mass is 35.5. The lowest BCUT2D eigenvalue weighted by Gasteiger charge is -2.33. The molecule has 0 unspecified atom stereocenters. The van der Waals surface area contributed by atoms with Crippen LogP contribution in [0.4, 0.5) is 0 Å². The molecule has 0 fully saturated rings. The van der Waals surface area contributed by atoms with Gasteiger partial charge in [0.25, 0.3) is 0 Å². The second-order valence-corrected chi connectivity index (χ2v) is 7.04. The fourth-order valence-corrected chi connectivity index (χ4v) is 2.79. The highest BCUT2D eigenvalue weighted by molar-refractivity contribution is 6.30. The van der Waals surface area contributed by atoms with Gasteiger partial charge < -0.3 is 0 Å². The Balaban J connectivity index is 3.14. The maximum atomic E-state index is 6.16. The molecule has 0 saturated heterocycles. The highest BCUT2D eigenvalue weighted by Crippen LogP contribution is 2.37. The van der Waals surface area contributed by atoms with Crippen molar-refractivity contribution in [2.75, 3.05) is 0 Å². The average molecular weight is 251 g/mol. The lowest BCUT2D eigenvalue weighted by molar-refractivity contribution is 0.284. The summed E-state index contributed by atoms with van der Waals surface area (Å²) in [5.41, 5.74) is 2.81. The van der Waals surface area contributed by atoms with Crippen molar-refractivity contribution in [1.82, 2.24) is 0 Å². The summed E-state index contributed by atoms with van der Waals surface area (Å²) in [4.78, 5) is 0. The first-order chi connectivity index (χ1) is 7.64. The van der Waals surface area contributed by atoms with Gasteiger partial charge in [0.1, 0.15) is 0 Å². The molecule has 0 aliphatic rings. The minimum atomic E-state index is 0.126. The fourth-order valence-electron chi connectivity index (χ4n) is 2.55. The lowest BCUT2D eigenvalue weighted by atomic mass is 9.72. The second kappa shape index (κ2) is 4.86. The zero-order chi connectivity index (χ0) is 13.3. The Morgan fingerprint density at radius 3 is 2.18 bits per heavy atom. The molecule has 0 radical (unpaired) electrons. The Morgan fingerprint density at radius 2 is 1.71 bits per heavy atom. The van der Waals surface area contributed by atoms with E-state index in [1.165, 1.54) is 5.56 Å². The summed E-state index contributed by atoms with van der Waals surface area (Å²) in [6.07, 6.45) is 2.97. The van der Waals surface area contributed by atoms with Crippen LogP contribution in [0, 0.1) is 5.41 Å². The zero-order valence-corrected chi connectivity index (χ0v) is 12.4. The van der Waals surface area contributed by atoms with Crippen molar-refractivity contribution in [2.45, 2.75) is 46.5 Å². The van der Waals surface area contributed by atoms with Crippen LogP contribution < -0.4 is 0 Å². The van der Waals surface area contributed by atoms with E-state index in [2.05, 4.69) is 53.3 Å². The zero-order valence-electron chi connectivity index (χ0n) is 11.6. The first kappa shape index (κ1) is 14.3. The maximum Gasteiger partial charge on any atom is 0.0414 e. The maximum absolute atomic E-state index is 6.16. The Labute approximate surface area is 111 Å². The number of benzene rings is 1. The van der Waals surface area contributed by atoms with Gasteiger partial charge in [0.2, 0.25) is 0 Å². The molecule has 0 bridgehead atoms. The Morgan fingerprint density at radius 1 is 1.12 bits per heavy atom. The van der Waals surface area contributed by atoms with Gasteiger partial charge in [-0.05, 0) is 40.5 Å². The smallest absolute Gasteiger partial charge is 0.0414 e. The largest absolute Gasteiger partial charge is 0.0985 e. The summed E-state index contributed by atoms with van der Waals surface area (Å²) in [7, 11) is 0. The Kier molecular flexibility index (Phi) is 4.09. The van der Waals surface area contributed by atoms with Crippen LogP contribution in [0.3, 0.4) is 0 Å². The molecule has 0 N–H and O–H groups in total. The van der Waals surface area contributed by atoms with E-state index >= 15 is 0 Å². The molecule has 0 amide bonds. The molecule has 17 heavy (non-hydrogen) atoms. The summed E-state index contributed by atoms with van der Waals surface area (Å²) in [6, 6.07) is 6.20. The molecular weight excluding hydrogens is 228 g/mol. The number of rotatable bonds is 3. The van der Waals surface area contributed by atoms with Crippen LogP contribution in [0.1, 0.15) is 52.2 Å². The summed E-state index contributed by atoms with van der Waals surface area (Å²) in [5, 5.41) is 0.791. The lowest BCUT2D eigenvalue weighted by Crippen LogP contribution is -2.24. The summed E-state index contributed by atoms with van der Waals surface area (Å²) in [5.74, 6) is 0. The minimum Gasteiger partial charge on any atom is -0.0985 e. The van der Waals surface area contributed by atoms with Crippen molar-refractivity contribution in [3.8, 4) is 0 Å². The Hall–Kier alpha value is -0.750. The van der Waals surface area contributed by atoms with Crippen molar-refractivity contribution in [2.24, 2.45) is 5.41 Å². The molecule has 1 rings (SSSR count). The molecule has 1 heteroatoms. The summed E-state index contributed by atoms with van der Waals surface area (Å²) >= 11 is 6.16. The third-order valence-electron chi connectivity index (χ3n) is 2.91. The van der Waals surface area contributed by atoms with Gasteiger partial charge in [-0.25, -0.2) is 0 Å². The van der Waals surface area contributed by atoms with Crippen LogP contribution in [-0.2, 0) is 5.41 Å². The van der Waals surface area contributed by atoms with E-state index in [1.807, 2.05) is 12.1 Å². The molecule has 0 nitrogen and oxygen atoms in total. The van der Waals surface area contributed by atoms with Gasteiger partial charge in [0.05, 0.1) is 0 Å². The molecule has 1 aromatic carbocycles. The average Bonchev–Trinajstić information content (AvgIpc) is 2.13. The van der Waals surface area contributed by atoms with Crippen LogP contribution in [0.2, 0.25) is 5.02 Å². The number of hydrogen-bond donors (Lipinski definition) is 0. The monoisotopic (exact) mass is 250 g/mol. The predicted molar refractivity (Wildman–Crippen MR) is 78.6 cm³/mol. The van der Waals surface area contributed by atoms with Gasteiger partial charge in [0, 0.05) is 5.02 Å². The van der Waals surface area contributed by atoms with Crippen LogP contribution in [-0.4, -0.2) is 0 Å². The molecule has 94 valence electrons. The van der Waals surface area contributed by atoms with Gasteiger partial charge >= 0.3 is 0 Å². The van der Waals surface area contributed by atoms with Gasteiger partial charge in [-0.3, -0.25) is 0 Å². The molecule has 1 aromatic rings. The van der Waals surface area contributed by atoms with E-state index < -0.39 is 0 Å². The van der Waals surface area contributed by atoms with Crippen LogP contribution in [0.5, 0.6) is 0 Å². The van der Waals surface area contributed by atoms with Crippen molar-refractivity contribution in [3.05, 3.63) is 40.9 Å². The van der Waals surface area contributed by atoms with E-state index in [4.69, 9.17) is 11.6 Å². The third-order valence-corrected chi connectivity index (χ3v) is 3.13. The van der Waals surface area contributed by atoms with Crippen molar-refractivity contribution in [3.63, 3.8) is 0 Å². The van der Waals surface area contributed by atoms with Crippen molar-refractivity contribution < 1.29 is 0 Å². The van der Waals surface area contributed by atoms with Gasteiger partial charge in [-0.2, -0.15) is 0 Å². The van der Waals surface area contributed by atoms with E-state index in [1.54, 1.807) is 0 Å². The van der Waals surface area contributed by atoms with Crippen LogP contribution >= 0.6 is 11.6 Å². The standard InChI is InChI=1S/C16H23Cl/c1-7-12-8-13(10-14(17)9-12)16(5,6)11-15(2,3)4/h7-10H,1,11H2,2-6H3. The van der Waals surface area contributed by atoms with E-state index in [0.717, 1.165) is 17.0 Å². The normalized spacial score (nSPS) is 12.6. The first-order valence-electron chi connectivity index (χ1n) is 6.08. The molecule has 0 saturated carbocycles. The fraction of sp³-hybridized carbons (Fsp3) is 0.500. The molecule has 0 aromatic heterocycles. The molecular formula is C16H23Cl. The minimum absolute atomic E-state index is 0.126. The summed E-state index contributed by atoms with van der Waals surface area (Å²) in [6.45, 7) is 15.2. The van der Waals surface area contributed by atoms with E-state index in [0.29, 0.717) is 5.41 Å². The molecule has 0 aliphatic carbocycles. The molecule has 0 aliphatic heterocycles. The van der Waals surface area contributed by atoms with Gasteiger partial charge in [-0.15, -0.1) is 0 Å². The highest BCUT2D eigenvalue weighted by Gasteiger charge is 2.27.